The summed E-state index contributed by atoms with van der Waals surface area (Å²) < 4.78 is 7.48. The van der Waals surface area contributed by atoms with Crippen LogP contribution in [0.1, 0.15) is 18.3 Å². The summed E-state index contributed by atoms with van der Waals surface area (Å²) in [7, 11) is 1.40. The van der Waals surface area contributed by atoms with Crippen LogP contribution in [-0.2, 0) is 22.6 Å². The van der Waals surface area contributed by atoms with Crippen LogP contribution in [0, 0.1) is 6.92 Å². The second kappa shape index (κ2) is 7.44. The van der Waals surface area contributed by atoms with Gasteiger partial charge in [0.15, 0.2) is 0 Å². The first kappa shape index (κ1) is 15.9. The minimum Gasteiger partial charge on any atom is -0.468 e. The van der Waals surface area contributed by atoms with E-state index in [9.17, 15) is 4.79 Å². The van der Waals surface area contributed by atoms with Crippen molar-refractivity contribution in [3.8, 4) is 0 Å². The molecule has 0 radical (unpaired) electrons. The van der Waals surface area contributed by atoms with Crippen LogP contribution in [-0.4, -0.2) is 33.3 Å². The summed E-state index contributed by atoms with van der Waals surface area (Å²) in [6.45, 7) is 6.10. The van der Waals surface area contributed by atoms with Gasteiger partial charge in [-0.1, -0.05) is 22.6 Å². The molecular weight excluding hydrogens is 413 g/mol. The van der Waals surface area contributed by atoms with Gasteiger partial charge in [-0.05, 0) is 29.8 Å². The van der Waals surface area contributed by atoms with E-state index in [1.165, 1.54) is 7.11 Å². The van der Waals surface area contributed by atoms with E-state index in [0.29, 0.717) is 13.1 Å². The molecule has 0 fully saturated rings. The molecule has 18 heavy (non-hydrogen) atoms. The molecule has 0 saturated carbocycles. The average Bonchev–Trinajstić information content (AvgIpc) is 2.65. The van der Waals surface area contributed by atoms with Crippen LogP contribution in [0.15, 0.2) is 4.47 Å². The van der Waals surface area contributed by atoms with E-state index in [0.717, 1.165) is 22.4 Å². The SMILES string of the molecule is CCn1nc(C)c(Br)c1CNCC(I)C(=O)OC. The van der Waals surface area contributed by atoms with Gasteiger partial charge in [0.05, 0.1) is 23.0 Å². The van der Waals surface area contributed by atoms with Gasteiger partial charge in [0.1, 0.15) is 3.92 Å². The van der Waals surface area contributed by atoms with Crippen molar-refractivity contribution in [3.05, 3.63) is 15.9 Å². The van der Waals surface area contributed by atoms with Crippen molar-refractivity contribution >= 4 is 44.5 Å². The highest BCUT2D eigenvalue weighted by Crippen LogP contribution is 2.20. The summed E-state index contributed by atoms with van der Waals surface area (Å²) in [6, 6.07) is 0. The molecule has 1 aromatic rings. The number of carbonyl (C=O) groups is 1. The number of ether oxygens (including phenoxy) is 1. The minimum absolute atomic E-state index is 0.175. The smallest absolute Gasteiger partial charge is 0.319 e. The van der Waals surface area contributed by atoms with Gasteiger partial charge in [0.2, 0.25) is 0 Å². The summed E-state index contributed by atoms with van der Waals surface area (Å²) in [5.41, 5.74) is 2.08. The number of alkyl halides is 1. The fourth-order valence-corrected chi connectivity index (χ4v) is 2.56. The monoisotopic (exact) mass is 429 g/mol. The van der Waals surface area contributed by atoms with Crippen molar-refractivity contribution in [2.45, 2.75) is 30.9 Å². The van der Waals surface area contributed by atoms with Crippen LogP contribution in [0.4, 0.5) is 0 Å². The zero-order valence-corrected chi connectivity index (χ0v) is 14.4. The molecule has 0 aliphatic carbocycles. The van der Waals surface area contributed by atoms with Gasteiger partial charge in [-0.2, -0.15) is 5.10 Å². The standard InChI is InChI=1S/C11H17BrIN3O2/c1-4-16-9(10(12)7(2)15-16)6-14-5-8(13)11(17)18-3/h8,14H,4-6H2,1-3H3. The Morgan fingerprint density at radius 1 is 1.67 bits per heavy atom. The van der Waals surface area contributed by atoms with E-state index in [2.05, 4.69) is 60.6 Å². The first-order valence-corrected chi connectivity index (χ1v) is 7.69. The number of hydrogen-bond acceptors (Lipinski definition) is 4. The molecule has 7 heteroatoms. The molecule has 0 amide bonds. The number of aromatic nitrogens is 2. The van der Waals surface area contributed by atoms with E-state index in [-0.39, 0.29) is 9.89 Å². The average molecular weight is 430 g/mol. The molecule has 102 valence electrons. The van der Waals surface area contributed by atoms with Gasteiger partial charge < -0.3 is 10.1 Å². The Labute approximate surface area is 129 Å². The van der Waals surface area contributed by atoms with Gasteiger partial charge >= 0.3 is 5.97 Å². The molecule has 0 aliphatic heterocycles. The number of rotatable bonds is 6. The fraction of sp³-hybridized carbons (Fsp3) is 0.636. The first-order valence-electron chi connectivity index (χ1n) is 5.65. The van der Waals surface area contributed by atoms with Crippen molar-refractivity contribution in [2.75, 3.05) is 13.7 Å². The maximum absolute atomic E-state index is 11.3. The number of hydrogen-bond donors (Lipinski definition) is 1. The molecular formula is C11H17BrIN3O2. The number of esters is 1. The summed E-state index contributed by atoms with van der Waals surface area (Å²) in [6.07, 6.45) is 0. The minimum atomic E-state index is -0.206. The first-order chi connectivity index (χ1) is 8.51. The largest absolute Gasteiger partial charge is 0.468 e. The van der Waals surface area contributed by atoms with Gasteiger partial charge in [0.25, 0.3) is 0 Å². The summed E-state index contributed by atoms with van der Waals surface area (Å²) in [4.78, 5) is 11.3. The Hall–Kier alpha value is -0.150. The van der Waals surface area contributed by atoms with E-state index < -0.39 is 0 Å². The number of carbonyl (C=O) groups excluding carboxylic acids is 1. The Morgan fingerprint density at radius 3 is 2.89 bits per heavy atom. The number of halogens is 2. The predicted molar refractivity (Wildman–Crippen MR) is 81.9 cm³/mol. The van der Waals surface area contributed by atoms with E-state index in [1.807, 2.05) is 11.6 Å². The molecule has 0 aromatic carbocycles. The third-order valence-corrected chi connectivity index (χ3v) is 4.51. The van der Waals surface area contributed by atoms with Gasteiger partial charge in [0, 0.05) is 19.6 Å². The molecule has 1 rings (SSSR count). The lowest BCUT2D eigenvalue weighted by atomic mass is 10.3. The lowest BCUT2D eigenvalue weighted by Gasteiger charge is -2.10. The highest BCUT2D eigenvalue weighted by Gasteiger charge is 2.16. The molecule has 0 bridgehead atoms. The second-order valence-electron chi connectivity index (χ2n) is 3.78. The molecule has 5 nitrogen and oxygen atoms in total. The summed E-state index contributed by atoms with van der Waals surface area (Å²) >= 11 is 5.61. The third-order valence-electron chi connectivity index (χ3n) is 2.53. The number of nitrogens with zero attached hydrogens (tertiary/aromatic N) is 2. The normalized spacial score (nSPS) is 12.5. The second-order valence-corrected chi connectivity index (χ2v) is 6.08. The summed E-state index contributed by atoms with van der Waals surface area (Å²) in [5.74, 6) is -0.206. The van der Waals surface area contributed by atoms with Crippen LogP contribution < -0.4 is 5.32 Å². The molecule has 1 N–H and O–H groups in total. The number of aryl methyl sites for hydroxylation is 2. The molecule has 1 heterocycles. The van der Waals surface area contributed by atoms with Gasteiger partial charge in [-0.25, -0.2) is 0 Å². The number of nitrogens with one attached hydrogen (secondary N) is 1. The lowest BCUT2D eigenvalue weighted by Crippen LogP contribution is -2.30. The Kier molecular flexibility index (Phi) is 6.58. The van der Waals surface area contributed by atoms with Crippen molar-refractivity contribution in [1.82, 2.24) is 15.1 Å². The van der Waals surface area contributed by atoms with Gasteiger partial charge in [-0.15, -0.1) is 0 Å². The fourth-order valence-electron chi connectivity index (χ4n) is 1.57. The maximum Gasteiger partial charge on any atom is 0.319 e. The lowest BCUT2D eigenvalue weighted by molar-refractivity contribution is -0.139. The zero-order valence-electron chi connectivity index (χ0n) is 10.7. The highest BCUT2D eigenvalue weighted by molar-refractivity contribution is 14.1. The van der Waals surface area contributed by atoms with E-state index in [1.54, 1.807) is 0 Å². The number of methoxy groups -OCH3 is 1. The van der Waals surface area contributed by atoms with E-state index in [4.69, 9.17) is 0 Å². The Morgan fingerprint density at radius 2 is 2.33 bits per heavy atom. The maximum atomic E-state index is 11.3. The van der Waals surface area contributed by atoms with Crippen molar-refractivity contribution in [1.29, 1.82) is 0 Å². The van der Waals surface area contributed by atoms with Crippen LogP contribution in [0.2, 0.25) is 0 Å². The quantitative estimate of drug-likeness (QED) is 0.427. The molecule has 1 unspecified atom stereocenters. The Balaban J connectivity index is 2.56. The Bertz CT molecular complexity index is 423. The molecule has 0 spiro atoms. The van der Waals surface area contributed by atoms with Crippen LogP contribution in [0.3, 0.4) is 0 Å². The van der Waals surface area contributed by atoms with Crippen LogP contribution in [0.5, 0.6) is 0 Å². The van der Waals surface area contributed by atoms with Gasteiger partial charge in [-0.3, -0.25) is 9.48 Å². The van der Waals surface area contributed by atoms with Crippen LogP contribution >= 0.6 is 38.5 Å². The topological polar surface area (TPSA) is 56.2 Å². The van der Waals surface area contributed by atoms with E-state index >= 15 is 0 Å². The van der Waals surface area contributed by atoms with Crippen molar-refractivity contribution in [3.63, 3.8) is 0 Å². The zero-order chi connectivity index (χ0) is 13.7. The third kappa shape index (κ3) is 3.92. The summed E-state index contributed by atoms with van der Waals surface area (Å²) in [5, 5.41) is 7.66. The molecule has 0 saturated heterocycles. The van der Waals surface area contributed by atoms with Crippen LogP contribution in [0.25, 0.3) is 0 Å². The van der Waals surface area contributed by atoms with Crippen molar-refractivity contribution in [2.24, 2.45) is 0 Å². The highest BCUT2D eigenvalue weighted by atomic mass is 127. The molecule has 1 aromatic heterocycles. The van der Waals surface area contributed by atoms with Crippen molar-refractivity contribution < 1.29 is 9.53 Å². The predicted octanol–water partition coefficient (Wildman–Crippen LogP) is 2.04. The molecule has 1 atom stereocenters. The molecule has 0 aliphatic rings.